The van der Waals surface area contributed by atoms with Gasteiger partial charge < -0.3 is 15.4 Å². The van der Waals surface area contributed by atoms with Crippen molar-refractivity contribution < 1.29 is 23.5 Å². The highest BCUT2D eigenvalue weighted by Crippen LogP contribution is 2.20. The third-order valence-electron chi connectivity index (χ3n) is 3.95. The first-order valence-corrected chi connectivity index (χ1v) is 8.60. The van der Waals surface area contributed by atoms with Gasteiger partial charge in [0.15, 0.2) is 6.61 Å². The smallest absolute Gasteiger partial charge is 0.310 e. The molecule has 0 unspecified atom stereocenters. The number of esters is 1. The average Bonchev–Trinajstić information content (AvgIpc) is 3.46. The molecule has 2 amide bonds. The second-order valence-corrected chi connectivity index (χ2v) is 6.34. The standard InChI is InChI=1S/C20H19FN2O4/c21-15-6-4-13(5-7-15)10-19(25)27-12-18(24)22-17-3-1-2-14(11-17)20(26)23-16-8-9-16/h1-7,11,16H,8-10,12H2,(H,22,24)(H,23,26). The van der Waals surface area contributed by atoms with Crippen LogP contribution in [0.5, 0.6) is 0 Å². The van der Waals surface area contributed by atoms with Gasteiger partial charge in [0.1, 0.15) is 5.82 Å². The van der Waals surface area contributed by atoms with Gasteiger partial charge in [-0.25, -0.2) is 4.39 Å². The summed E-state index contributed by atoms with van der Waals surface area (Å²) in [5, 5.41) is 5.46. The van der Waals surface area contributed by atoms with Crippen LogP contribution >= 0.6 is 0 Å². The summed E-state index contributed by atoms with van der Waals surface area (Å²) < 4.78 is 17.8. The van der Waals surface area contributed by atoms with Crippen LogP contribution in [0.15, 0.2) is 48.5 Å². The van der Waals surface area contributed by atoms with Crippen molar-refractivity contribution in [1.29, 1.82) is 0 Å². The fourth-order valence-corrected chi connectivity index (χ4v) is 2.40. The Morgan fingerprint density at radius 3 is 2.52 bits per heavy atom. The number of hydrogen-bond acceptors (Lipinski definition) is 4. The monoisotopic (exact) mass is 370 g/mol. The largest absolute Gasteiger partial charge is 0.455 e. The predicted octanol–water partition coefficient (Wildman–Crippen LogP) is 2.44. The number of ether oxygens (including phenoxy) is 1. The van der Waals surface area contributed by atoms with Gasteiger partial charge >= 0.3 is 5.97 Å². The molecule has 0 saturated heterocycles. The van der Waals surface area contributed by atoms with E-state index in [9.17, 15) is 18.8 Å². The Kier molecular flexibility index (Phi) is 5.80. The molecule has 0 spiro atoms. The molecule has 2 N–H and O–H groups in total. The molecule has 3 rings (SSSR count). The van der Waals surface area contributed by atoms with Crippen molar-refractivity contribution in [3.8, 4) is 0 Å². The van der Waals surface area contributed by atoms with Crippen LogP contribution in [0.1, 0.15) is 28.8 Å². The molecule has 0 heterocycles. The van der Waals surface area contributed by atoms with Crippen LogP contribution in [-0.2, 0) is 20.7 Å². The maximum atomic E-state index is 12.8. The van der Waals surface area contributed by atoms with Gasteiger partial charge in [0.05, 0.1) is 6.42 Å². The number of hydrogen-bond donors (Lipinski definition) is 2. The Labute approximate surface area is 155 Å². The molecule has 1 aliphatic carbocycles. The molecule has 1 saturated carbocycles. The van der Waals surface area contributed by atoms with Gasteiger partial charge in [-0.2, -0.15) is 0 Å². The number of halogens is 1. The molecule has 0 radical (unpaired) electrons. The highest BCUT2D eigenvalue weighted by Gasteiger charge is 2.23. The van der Waals surface area contributed by atoms with Gasteiger partial charge in [-0.05, 0) is 48.7 Å². The number of carbonyl (C=O) groups excluding carboxylic acids is 3. The predicted molar refractivity (Wildman–Crippen MR) is 96.6 cm³/mol. The van der Waals surface area contributed by atoms with E-state index in [0.717, 1.165) is 12.8 Å². The molecule has 7 heteroatoms. The topological polar surface area (TPSA) is 84.5 Å². The Morgan fingerprint density at radius 2 is 1.81 bits per heavy atom. The minimum Gasteiger partial charge on any atom is -0.455 e. The van der Waals surface area contributed by atoms with Crippen LogP contribution in [0.4, 0.5) is 10.1 Å². The lowest BCUT2D eigenvalue weighted by molar-refractivity contribution is -0.146. The zero-order chi connectivity index (χ0) is 19.2. The van der Waals surface area contributed by atoms with Crippen molar-refractivity contribution >= 4 is 23.5 Å². The highest BCUT2D eigenvalue weighted by molar-refractivity contribution is 5.98. The third kappa shape index (κ3) is 5.91. The summed E-state index contributed by atoms with van der Waals surface area (Å²) in [6.45, 7) is -0.446. The molecule has 1 aliphatic rings. The summed E-state index contributed by atoms with van der Waals surface area (Å²) in [5.41, 5.74) is 1.49. The number of anilines is 1. The molecule has 0 bridgehead atoms. The van der Waals surface area contributed by atoms with Crippen molar-refractivity contribution in [3.05, 3.63) is 65.5 Å². The Hall–Kier alpha value is -3.22. The van der Waals surface area contributed by atoms with Crippen molar-refractivity contribution in [2.75, 3.05) is 11.9 Å². The van der Waals surface area contributed by atoms with Crippen LogP contribution < -0.4 is 10.6 Å². The van der Waals surface area contributed by atoms with Crippen LogP contribution in [0.3, 0.4) is 0 Å². The summed E-state index contributed by atoms with van der Waals surface area (Å²) in [7, 11) is 0. The first-order chi connectivity index (χ1) is 13.0. The highest BCUT2D eigenvalue weighted by atomic mass is 19.1. The molecule has 27 heavy (non-hydrogen) atoms. The van der Waals surface area contributed by atoms with Gasteiger partial charge in [0.2, 0.25) is 0 Å². The number of nitrogens with one attached hydrogen (secondary N) is 2. The molecule has 0 aliphatic heterocycles. The Balaban J connectivity index is 1.46. The molecule has 2 aromatic carbocycles. The molecule has 6 nitrogen and oxygen atoms in total. The number of benzene rings is 2. The van der Waals surface area contributed by atoms with Crippen LogP contribution in [0, 0.1) is 5.82 Å². The van der Waals surface area contributed by atoms with Gasteiger partial charge in [-0.15, -0.1) is 0 Å². The maximum Gasteiger partial charge on any atom is 0.310 e. The molecular weight excluding hydrogens is 351 g/mol. The second-order valence-electron chi connectivity index (χ2n) is 6.34. The van der Waals surface area contributed by atoms with Crippen molar-refractivity contribution in [1.82, 2.24) is 5.32 Å². The molecule has 0 aromatic heterocycles. The fraction of sp³-hybridized carbons (Fsp3) is 0.250. The van der Waals surface area contributed by atoms with E-state index in [-0.39, 0.29) is 24.2 Å². The number of amides is 2. The fourth-order valence-electron chi connectivity index (χ4n) is 2.40. The first-order valence-electron chi connectivity index (χ1n) is 8.60. The minimum atomic E-state index is -0.589. The lowest BCUT2D eigenvalue weighted by Crippen LogP contribution is -2.25. The van der Waals surface area contributed by atoms with Gasteiger partial charge in [0.25, 0.3) is 11.8 Å². The van der Waals surface area contributed by atoms with Crippen molar-refractivity contribution in [3.63, 3.8) is 0 Å². The summed E-state index contributed by atoms with van der Waals surface area (Å²) in [6.07, 6.45) is 1.93. The van der Waals surface area contributed by atoms with E-state index in [2.05, 4.69) is 10.6 Å². The van der Waals surface area contributed by atoms with Crippen LogP contribution in [0.25, 0.3) is 0 Å². The van der Waals surface area contributed by atoms with E-state index in [1.54, 1.807) is 24.3 Å². The lowest BCUT2D eigenvalue weighted by atomic mass is 10.1. The van der Waals surface area contributed by atoms with E-state index in [0.29, 0.717) is 16.8 Å². The zero-order valence-corrected chi connectivity index (χ0v) is 14.5. The molecule has 2 aromatic rings. The third-order valence-corrected chi connectivity index (χ3v) is 3.95. The quantitative estimate of drug-likeness (QED) is 0.733. The number of rotatable bonds is 7. The molecule has 1 fully saturated rings. The van der Waals surface area contributed by atoms with Crippen molar-refractivity contribution in [2.45, 2.75) is 25.3 Å². The summed E-state index contributed by atoms with van der Waals surface area (Å²) in [4.78, 5) is 35.7. The van der Waals surface area contributed by atoms with E-state index in [1.807, 2.05) is 0 Å². The van der Waals surface area contributed by atoms with Crippen LogP contribution in [0.2, 0.25) is 0 Å². The molecule has 0 atom stereocenters. The zero-order valence-electron chi connectivity index (χ0n) is 14.5. The minimum absolute atomic E-state index is 0.0512. The Morgan fingerprint density at radius 1 is 1.07 bits per heavy atom. The van der Waals surface area contributed by atoms with E-state index in [1.165, 1.54) is 24.3 Å². The SMILES string of the molecule is O=C(COC(=O)Cc1ccc(F)cc1)Nc1cccc(C(=O)NC2CC2)c1. The average molecular weight is 370 g/mol. The number of carbonyl (C=O) groups is 3. The van der Waals surface area contributed by atoms with E-state index < -0.39 is 18.5 Å². The van der Waals surface area contributed by atoms with Gasteiger partial charge in [-0.1, -0.05) is 18.2 Å². The molecule has 140 valence electrons. The maximum absolute atomic E-state index is 12.8. The van der Waals surface area contributed by atoms with Gasteiger partial charge in [0, 0.05) is 17.3 Å². The molecular formula is C20H19FN2O4. The lowest BCUT2D eigenvalue weighted by Gasteiger charge is -2.09. The van der Waals surface area contributed by atoms with Crippen LogP contribution in [-0.4, -0.2) is 30.4 Å². The first kappa shape index (κ1) is 18.6. The van der Waals surface area contributed by atoms with E-state index in [4.69, 9.17) is 4.74 Å². The summed E-state index contributed by atoms with van der Waals surface area (Å²) >= 11 is 0. The Bertz CT molecular complexity index is 847. The summed E-state index contributed by atoms with van der Waals surface area (Å²) in [6, 6.07) is 12.2. The van der Waals surface area contributed by atoms with E-state index >= 15 is 0 Å². The summed E-state index contributed by atoms with van der Waals surface area (Å²) in [5.74, 6) is -1.67. The normalized spacial score (nSPS) is 12.9. The second kappa shape index (κ2) is 8.44. The van der Waals surface area contributed by atoms with Crippen molar-refractivity contribution in [2.24, 2.45) is 0 Å². The van der Waals surface area contributed by atoms with Gasteiger partial charge in [-0.3, -0.25) is 14.4 Å².